The fourth-order valence-electron chi connectivity index (χ4n) is 4.28. The molecular weight excluding hydrogens is 372 g/mol. The molecule has 0 radical (unpaired) electrons. The number of rotatable bonds is 11. The zero-order chi connectivity index (χ0) is 21.6. The standard InChI is InChI=1S/C23H40O6/c1-8-17(25-5)16(4)22-23(29-22)20(24)14(2)10-9-11-15(3)21-18(26-6)12-13-19(27-7)28-21/h9-11,14,16-24H,8,12-13H2,1-7H3/b10-9+,15-11+/t14-,16+,17-,18+,19+,20+,21-,22+,23+/m0/s1. The zero-order valence-corrected chi connectivity index (χ0v) is 19.0. The molecule has 2 saturated heterocycles. The van der Waals surface area contributed by atoms with Crippen LogP contribution in [0.5, 0.6) is 0 Å². The Kier molecular flexibility index (Phi) is 9.79. The predicted molar refractivity (Wildman–Crippen MR) is 113 cm³/mol. The van der Waals surface area contributed by atoms with Gasteiger partial charge in [0.05, 0.1) is 24.4 Å². The van der Waals surface area contributed by atoms with Gasteiger partial charge >= 0.3 is 0 Å². The lowest BCUT2D eigenvalue weighted by atomic mass is 9.91. The molecule has 0 bridgehead atoms. The minimum atomic E-state index is -0.530. The highest BCUT2D eigenvalue weighted by atomic mass is 16.7. The van der Waals surface area contributed by atoms with E-state index in [-0.39, 0.29) is 48.6 Å². The summed E-state index contributed by atoms with van der Waals surface area (Å²) in [5.74, 6) is 0.257. The molecule has 0 aromatic heterocycles. The molecule has 2 heterocycles. The predicted octanol–water partition coefficient (Wildman–Crippen LogP) is 3.48. The highest BCUT2D eigenvalue weighted by Crippen LogP contribution is 2.37. The van der Waals surface area contributed by atoms with Crippen LogP contribution in [0, 0.1) is 11.8 Å². The summed E-state index contributed by atoms with van der Waals surface area (Å²) in [6, 6.07) is 0. The van der Waals surface area contributed by atoms with Crippen LogP contribution in [0.15, 0.2) is 23.8 Å². The molecule has 6 nitrogen and oxygen atoms in total. The Labute approximate surface area is 176 Å². The number of allylic oxidation sites excluding steroid dienone is 2. The van der Waals surface area contributed by atoms with Crippen LogP contribution in [0.4, 0.5) is 0 Å². The number of aliphatic hydroxyl groups is 1. The van der Waals surface area contributed by atoms with Crippen molar-refractivity contribution in [3.8, 4) is 0 Å². The van der Waals surface area contributed by atoms with E-state index in [9.17, 15) is 5.11 Å². The first kappa shape index (κ1) is 24.5. The summed E-state index contributed by atoms with van der Waals surface area (Å²) >= 11 is 0. The first-order valence-electron chi connectivity index (χ1n) is 10.8. The van der Waals surface area contributed by atoms with Gasteiger partial charge in [0.2, 0.25) is 0 Å². The molecule has 2 rings (SSSR count). The van der Waals surface area contributed by atoms with E-state index in [4.69, 9.17) is 23.7 Å². The molecule has 29 heavy (non-hydrogen) atoms. The Morgan fingerprint density at radius 2 is 1.83 bits per heavy atom. The molecule has 0 aromatic rings. The quantitative estimate of drug-likeness (QED) is 0.414. The van der Waals surface area contributed by atoms with E-state index in [1.165, 1.54) is 0 Å². The van der Waals surface area contributed by atoms with E-state index in [2.05, 4.69) is 13.8 Å². The second-order valence-electron chi connectivity index (χ2n) is 8.33. The third kappa shape index (κ3) is 6.36. The molecule has 2 fully saturated rings. The topological polar surface area (TPSA) is 69.7 Å². The Bertz CT molecular complexity index is 543. The monoisotopic (exact) mass is 412 g/mol. The van der Waals surface area contributed by atoms with E-state index in [0.29, 0.717) is 0 Å². The normalized spacial score (nSPS) is 34.8. The van der Waals surface area contributed by atoms with Crippen molar-refractivity contribution < 1.29 is 28.8 Å². The van der Waals surface area contributed by atoms with Crippen molar-refractivity contribution >= 4 is 0 Å². The van der Waals surface area contributed by atoms with Gasteiger partial charge in [-0.05, 0) is 25.3 Å². The van der Waals surface area contributed by atoms with Gasteiger partial charge in [-0.15, -0.1) is 0 Å². The third-order valence-corrected chi connectivity index (χ3v) is 6.36. The van der Waals surface area contributed by atoms with Gasteiger partial charge in [0.15, 0.2) is 6.29 Å². The van der Waals surface area contributed by atoms with E-state index in [1.54, 1.807) is 21.3 Å². The van der Waals surface area contributed by atoms with Crippen LogP contribution in [0.3, 0.4) is 0 Å². The Balaban J connectivity index is 1.90. The van der Waals surface area contributed by atoms with Gasteiger partial charge in [0.1, 0.15) is 12.2 Å². The lowest BCUT2D eigenvalue weighted by molar-refractivity contribution is -0.205. The number of ether oxygens (including phenoxy) is 5. The summed E-state index contributed by atoms with van der Waals surface area (Å²) in [5.41, 5.74) is 1.08. The number of hydrogen-bond acceptors (Lipinski definition) is 6. The first-order chi connectivity index (χ1) is 13.9. The Morgan fingerprint density at radius 1 is 1.10 bits per heavy atom. The van der Waals surface area contributed by atoms with Gasteiger partial charge in [-0.1, -0.05) is 39.0 Å². The molecule has 0 aliphatic carbocycles. The van der Waals surface area contributed by atoms with Crippen molar-refractivity contribution in [3.63, 3.8) is 0 Å². The Morgan fingerprint density at radius 3 is 2.41 bits per heavy atom. The summed E-state index contributed by atoms with van der Waals surface area (Å²) in [4.78, 5) is 0. The largest absolute Gasteiger partial charge is 0.390 e. The van der Waals surface area contributed by atoms with Gasteiger partial charge in [0, 0.05) is 39.6 Å². The molecule has 168 valence electrons. The third-order valence-electron chi connectivity index (χ3n) is 6.36. The summed E-state index contributed by atoms with van der Waals surface area (Å²) in [5, 5.41) is 10.7. The summed E-state index contributed by atoms with van der Waals surface area (Å²) in [6.07, 6.45) is 8.00. The lowest BCUT2D eigenvalue weighted by Crippen LogP contribution is -2.41. The smallest absolute Gasteiger partial charge is 0.158 e. The van der Waals surface area contributed by atoms with Crippen LogP contribution < -0.4 is 0 Å². The molecule has 0 spiro atoms. The van der Waals surface area contributed by atoms with Gasteiger partial charge in [-0.25, -0.2) is 0 Å². The van der Waals surface area contributed by atoms with Crippen LogP contribution >= 0.6 is 0 Å². The van der Waals surface area contributed by atoms with Gasteiger partial charge < -0.3 is 28.8 Å². The minimum Gasteiger partial charge on any atom is -0.390 e. The van der Waals surface area contributed by atoms with Crippen LogP contribution in [0.2, 0.25) is 0 Å². The van der Waals surface area contributed by atoms with Gasteiger partial charge in [-0.3, -0.25) is 0 Å². The minimum absolute atomic E-state index is 0.0129. The molecule has 0 amide bonds. The molecule has 6 heteroatoms. The molecule has 2 aliphatic heterocycles. The van der Waals surface area contributed by atoms with Crippen molar-refractivity contribution in [3.05, 3.63) is 23.8 Å². The molecular formula is C23H40O6. The second-order valence-corrected chi connectivity index (χ2v) is 8.33. The fourth-order valence-corrected chi connectivity index (χ4v) is 4.28. The SMILES string of the molecule is CC[C@H](OC)[C@@H](C)[C@H]1O[C@@H]1[C@H](O)[C@@H](C)/C=C/C=C(\C)[C@@H]1O[C@@H](OC)CC[C@H]1OC. The first-order valence-corrected chi connectivity index (χ1v) is 10.8. The molecule has 1 N–H and O–H groups in total. The molecule has 9 atom stereocenters. The summed E-state index contributed by atoms with van der Waals surface area (Å²) in [6.45, 7) is 8.29. The Hall–Kier alpha value is -0.760. The number of hydrogen-bond donors (Lipinski definition) is 1. The molecule has 0 saturated carbocycles. The zero-order valence-electron chi connectivity index (χ0n) is 19.0. The average molecular weight is 413 g/mol. The van der Waals surface area contributed by atoms with Crippen LogP contribution in [-0.2, 0) is 23.7 Å². The fraction of sp³-hybridized carbons (Fsp3) is 0.826. The van der Waals surface area contributed by atoms with Crippen molar-refractivity contribution in [2.45, 2.75) is 89.9 Å². The van der Waals surface area contributed by atoms with E-state index in [1.807, 2.05) is 32.1 Å². The maximum absolute atomic E-state index is 10.7. The second kappa shape index (κ2) is 11.6. The van der Waals surface area contributed by atoms with Crippen molar-refractivity contribution in [2.75, 3.05) is 21.3 Å². The molecule has 0 aromatic carbocycles. The summed E-state index contributed by atoms with van der Waals surface area (Å²) in [7, 11) is 5.12. The average Bonchev–Trinajstić information content (AvgIpc) is 3.54. The van der Waals surface area contributed by atoms with Crippen molar-refractivity contribution in [1.29, 1.82) is 0 Å². The van der Waals surface area contributed by atoms with Gasteiger partial charge in [0.25, 0.3) is 0 Å². The lowest BCUT2D eigenvalue weighted by Gasteiger charge is -2.35. The van der Waals surface area contributed by atoms with Gasteiger partial charge in [-0.2, -0.15) is 0 Å². The van der Waals surface area contributed by atoms with Crippen LogP contribution in [-0.4, -0.2) is 69.3 Å². The molecule has 2 aliphatic rings. The van der Waals surface area contributed by atoms with Crippen LogP contribution in [0.1, 0.15) is 47.0 Å². The number of methoxy groups -OCH3 is 3. The maximum Gasteiger partial charge on any atom is 0.158 e. The van der Waals surface area contributed by atoms with Crippen molar-refractivity contribution in [2.24, 2.45) is 11.8 Å². The highest BCUT2D eigenvalue weighted by molar-refractivity contribution is 5.18. The van der Waals surface area contributed by atoms with E-state index < -0.39 is 6.10 Å². The maximum atomic E-state index is 10.7. The number of epoxide rings is 1. The number of aliphatic hydroxyl groups excluding tert-OH is 1. The molecule has 0 unspecified atom stereocenters. The highest BCUT2D eigenvalue weighted by Gasteiger charge is 2.50. The van der Waals surface area contributed by atoms with Crippen LogP contribution in [0.25, 0.3) is 0 Å². The van der Waals surface area contributed by atoms with E-state index in [0.717, 1.165) is 24.8 Å². The van der Waals surface area contributed by atoms with Crippen molar-refractivity contribution in [1.82, 2.24) is 0 Å². The van der Waals surface area contributed by atoms with E-state index >= 15 is 0 Å². The summed E-state index contributed by atoms with van der Waals surface area (Å²) < 4.78 is 28.3.